The molecule has 4 aromatic rings. The maximum atomic E-state index is 12.7. The third-order valence-corrected chi connectivity index (χ3v) is 4.69. The Bertz CT molecular complexity index is 1230. The predicted octanol–water partition coefficient (Wildman–Crippen LogP) is 3.29. The van der Waals surface area contributed by atoms with E-state index in [0.29, 0.717) is 16.7 Å². The molecule has 1 amide bonds. The highest BCUT2D eigenvalue weighted by molar-refractivity contribution is 9.10. The molecule has 0 atom stereocenters. The van der Waals surface area contributed by atoms with Gasteiger partial charge in [0.1, 0.15) is 12.4 Å². The van der Waals surface area contributed by atoms with Gasteiger partial charge < -0.3 is 5.32 Å². The first-order valence-electron chi connectivity index (χ1n) is 8.58. The summed E-state index contributed by atoms with van der Waals surface area (Å²) in [5.41, 5.74) is 1.92. The topological polar surface area (TPSA) is 81.8 Å². The first kappa shape index (κ1) is 18.1. The summed E-state index contributed by atoms with van der Waals surface area (Å²) in [7, 11) is 0. The molecular formula is C20H16BrN5O2. The smallest absolute Gasteiger partial charge is 0.261 e. The monoisotopic (exact) mass is 437 g/mol. The summed E-state index contributed by atoms with van der Waals surface area (Å²) in [6, 6.07) is 16.6. The molecule has 8 heteroatoms. The van der Waals surface area contributed by atoms with E-state index in [2.05, 4.69) is 31.3 Å². The minimum absolute atomic E-state index is 0.146. The Hall–Kier alpha value is -3.26. The van der Waals surface area contributed by atoms with Gasteiger partial charge in [-0.15, -0.1) is 0 Å². The number of hydrogen-bond donors (Lipinski definition) is 1. The molecule has 1 N–H and O–H groups in total. The Morgan fingerprint density at radius 3 is 2.71 bits per heavy atom. The van der Waals surface area contributed by atoms with Crippen LogP contribution in [0, 0.1) is 6.92 Å². The lowest BCUT2D eigenvalue weighted by atomic mass is 10.2. The van der Waals surface area contributed by atoms with E-state index in [1.54, 1.807) is 22.9 Å². The van der Waals surface area contributed by atoms with Crippen molar-refractivity contribution in [2.24, 2.45) is 0 Å². The Morgan fingerprint density at radius 2 is 1.93 bits per heavy atom. The van der Waals surface area contributed by atoms with Crippen LogP contribution >= 0.6 is 15.9 Å². The molecule has 28 heavy (non-hydrogen) atoms. The summed E-state index contributed by atoms with van der Waals surface area (Å²) >= 11 is 3.35. The second-order valence-corrected chi connectivity index (χ2v) is 7.22. The van der Waals surface area contributed by atoms with E-state index in [4.69, 9.17) is 0 Å². The Kier molecular flexibility index (Phi) is 4.79. The van der Waals surface area contributed by atoms with Crippen LogP contribution in [0.25, 0.3) is 16.6 Å². The lowest BCUT2D eigenvalue weighted by molar-refractivity contribution is -0.116. The number of nitrogens with zero attached hydrogens (tertiary/aromatic N) is 4. The number of nitrogens with one attached hydrogen (secondary N) is 1. The molecule has 2 aromatic carbocycles. The van der Waals surface area contributed by atoms with Crippen LogP contribution in [0.2, 0.25) is 0 Å². The van der Waals surface area contributed by atoms with E-state index in [1.165, 1.54) is 10.9 Å². The summed E-state index contributed by atoms with van der Waals surface area (Å²) < 4.78 is 3.73. The number of amides is 1. The van der Waals surface area contributed by atoms with Gasteiger partial charge in [0.2, 0.25) is 5.91 Å². The van der Waals surface area contributed by atoms with Gasteiger partial charge in [-0.05, 0) is 37.3 Å². The summed E-state index contributed by atoms with van der Waals surface area (Å²) in [6.07, 6.45) is 1.39. The van der Waals surface area contributed by atoms with Crippen LogP contribution in [0.4, 0.5) is 5.82 Å². The number of benzene rings is 2. The molecule has 0 aliphatic rings. The number of carbonyl (C=O) groups excluding carboxylic acids is 1. The van der Waals surface area contributed by atoms with Crippen molar-refractivity contribution in [2.45, 2.75) is 13.5 Å². The standard InChI is InChI=1S/C20H16BrN5O2/c1-13-9-18(26(24-13)15-5-3-2-4-6-15)23-19(27)11-25-12-22-17-8-7-14(21)10-16(17)20(25)28/h2-10,12H,11H2,1H3,(H,23,27). The molecule has 7 nitrogen and oxygen atoms in total. The second kappa shape index (κ2) is 7.40. The minimum Gasteiger partial charge on any atom is -0.309 e. The van der Waals surface area contributed by atoms with Crippen LogP contribution in [0.5, 0.6) is 0 Å². The number of para-hydroxylation sites is 1. The van der Waals surface area contributed by atoms with Crippen LogP contribution < -0.4 is 10.9 Å². The SMILES string of the molecule is Cc1cc(NC(=O)Cn2cnc3ccc(Br)cc3c2=O)n(-c2ccccc2)n1. The molecule has 0 fully saturated rings. The zero-order chi connectivity index (χ0) is 19.7. The molecule has 0 saturated heterocycles. The molecule has 0 unspecified atom stereocenters. The fraction of sp³-hybridized carbons (Fsp3) is 0.100. The molecule has 140 valence electrons. The first-order valence-corrected chi connectivity index (χ1v) is 9.37. The number of carbonyl (C=O) groups is 1. The van der Waals surface area contributed by atoms with Gasteiger partial charge in [0.15, 0.2) is 0 Å². The molecular weight excluding hydrogens is 422 g/mol. The number of aromatic nitrogens is 4. The molecule has 2 aromatic heterocycles. The zero-order valence-corrected chi connectivity index (χ0v) is 16.5. The highest BCUT2D eigenvalue weighted by Crippen LogP contribution is 2.17. The van der Waals surface area contributed by atoms with Crippen molar-refractivity contribution in [2.75, 3.05) is 5.32 Å². The molecule has 0 aliphatic heterocycles. The second-order valence-electron chi connectivity index (χ2n) is 6.31. The van der Waals surface area contributed by atoms with Crippen molar-refractivity contribution in [1.82, 2.24) is 19.3 Å². The van der Waals surface area contributed by atoms with E-state index < -0.39 is 0 Å². The summed E-state index contributed by atoms with van der Waals surface area (Å²) in [5, 5.41) is 7.71. The first-order chi connectivity index (χ1) is 13.5. The quantitative estimate of drug-likeness (QED) is 0.530. The Morgan fingerprint density at radius 1 is 1.14 bits per heavy atom. The number of hydrogen-bond acceptors (Lipinski definition) is 4. The van der Waals surface area contributed by atoms with E-state index in [9.17, 15) is 9.59 Å². The molecule has 0 spiro atoms. The number of aryl methyl sites for hydroxylation is 1. The van der Waals surface area contributed by atoms with Gasteiger partial charge in [-0.2, -0.15) is 5.10 Å². The summed E-state index contributed by atoms with van der Waals surface area (Å²) in [5.74, 6) is 0.202. The maximum Gasteiger partial charge on any atom is 0.261 e. The fourth-order valence-corrected chi connectivity index (χ4v) is 3.30. The van der Waals surface area contributed by atoms with Crippen molar-refractivity contribution in [1.29, 1.82) is 0 Å². The van der Waals surface area contributed by atoms with Crippen LogP contribution in [-0.2, 0) is 11.3 Å². The predicted molar refractivity (Wildman–Crippen MR) is 111 cm³/mol. The largest absolute Gasteiger partial charge is 0.309 e. The maximum absolute atomic E-state index is 12.7. The van der Waals surface area contributed by atoms with Crippen molar-refractivity contribution in [3.05, 3.63) is 81.4 Å². The highest BCUT2D eigenvalue weighted by atomic mass is 79.9. The van der Waals surface area contributed by atoms with Crippen molar-refractivity contribution in [3.63, 3.8) is 0 Å². The molecule has 0 saturated carbocycles. The minimum atomic E-state index is -0.338. The number of anilines is 1. The van der Waals surface area contributed by atoms with E-state index >= 15 is 0 Å². The molecule has 0 aliphatic carbocycles. The zero-order valence-electron chi connectivity index (χ0n) is 15.0. The van der Waals surface area contributed by atoms with Gasteiger partial charge in [-0.25, -0.2) is 9.67 Å². The fourth-order valence-electron chi connectivity index (χ4n) is 2.94. The van der Waals surface area contributed by atoms with E-state index in [0.717, 1.165) is 15.9 Å². The van der Waals surface area contributed by atoms with Crippen LogP contribution in [0.3, 0.4) is 0 Å². The van der Waals surface area contributed by atoms with Crippen molar-refractivity contribution >= 4 is 38.6 Å². The highest BCUT2D eigenvalue weighted by Gasteiger charge is 2.13. The van der Waals surface area contributed by atoms with Gasteiger partial charge in [-0.3, -0.25) is 14.2 Å². The number of halogens is 1. The van der Waals surface area contributed by atoms with Crippen LogP contribution in [0.15, 0.2) is 70.2 Å². The average molecular weight is 438 g/mol. The van der Waals surface area contributed by atoms with Crippen LogP contribution in [-0.4, -0.2) is 25.2 Å². The van der Waals surface area contributed by atoms with E-state index in [1.807, 2.05) is 43.3 Å². The molecule has 0 radical (unpaired) electrons. The van der Waals surface area contributed by atoms with Crippen LogP contribution in [0.1, 0.15) is 5.69 Å². The Labute approximate surface area is 168 Å². The lowest BCUT2D eigenvalue weighted by Gasteiger charge is -2.10. The number of rotatable bonds is 4. The van der Waals surface area contributed by atoms with Gasteiger partial charge in [0.25, 0.3) is 5.56 Å². The number of fused-ring (bicyclic) bond motifs is 1. The van der Waals surface area contributed by atoms with Crippen molar-refractivity contribution < 1.29 is 4.79 Å². The normalized spacial score (nSPS) is 10.9. The van der Waals surface area contributed by atoms with Gasteiger partial charge in [0.05, 0.1) is 28.6 Å². The molecule has 4 rings (SSSR count). The Balaban J connectivity index is 1.60. The lowest BCUT2D eigenvalue weighted by Crippen LogP contribution is -2.28. The van der Waals surface area contributed by atoms with Gasteiger partial charge in [0, 0.05) is 10.5 Å². The van der Waals surface area contributed by atoms with Crippen molar-refractivity contribution in [3.8, 4) is 5.69 Å². The third kappa shape index (κ3) is 3.59. The average Bonchev–Trinajstić information content (AvgIpc) is 3.05. The van der Waals surface area contributed by atoms with E-state index in [-0.39, 0.29) is 18.0 Å². The molecule has 0 bridgehead atoms. The molecule has 2 heterocycles. The van der Waals surface area contributed by atoms with Gasteiger partial charge >= 0.3 is 0 Å². The summed E-state index contributed by atoms with van der Waals surface area (Å²) in [6.45, 7) is 1.71. The van der Waals surface area contributed by atoms with Gasteiger partial charge in [-0.1, -0.05) is 34.1 Å². The third-order valence-electron chi connectivity index (χ3n) is 4.20. The summed E-state index contributed by atoms with van der Waals surface area (Å²) in [4.78, 5) is 29.5.